The fourth-order valence-corrected chi connectivity index (χ4v) is 2.44. The average molecular weight is 290 g/mol. The fraction of sp³-hybridized carbons (Fsp3) is 0.385. The number of piperidine rings is 1. The number of aromatic nitrogens is 2. The fourth-order valence-electron chi connectivity index (χ4n) is 2.44. The normalized spacial score (nSPS) is 18.5. The van der Waals surface area contributed by atoms with Gasteiger partial charge in [0.2, 0.25) is 11.6 Å². The summed E-state index contributed by atoms with van der Waals surface area (Å²) < 4.78 is 5.35. The van der Waals surface area contributed by atoms with Gasteiger partial charge in [-0.2, -0.15) is 0 Å². The summed E-state index contributed by atoms with van der Waals surface area (Å²) in [5, 5.41) is 5.64. The highest BCUT2D eigenvalue weighted by atomic mass is 16.3. The Kier molecular flexibility index (Phi) is 3.20. The molecule has 110 valence electrons. The zero-order valence-corrected chi connectivity index (χ0v) is 11.4. The first kappa shape index (κ1) is 13.3. The highest BCUT2D eigenvalue weighted by Crippen LogP contribution is 2.20. The van der Waals surface area contributed by atoms with Gasteiger partial charge in [-0.05, 0) is 13.3 Å². The lowest BCUT2D eigenvalue weighted by molar-refractivity contribution is -0.122. The first-order valence-corrected chi connectivity index (χ1v) is 6.60. The van der Waals surface area contributed by atoms with Crippen LogP contribution in [0.1, 0.15) is 29.0 Å². The predicted octanol–water partition coefficient (Wildman–Crippen LogP) is -0.167. The number of amides is 2. The molecule has 1 saturated heterocycles. The van der Waals surface area contributed by atoms with Crippen LogP contribution in [0.3, 0.4) is 0 Å². The van der Waals surface area contributed by atoms with Crippen LogP contribution in [-0.4, -0.2) is 34.4 Å². The number of carbonyl (C=O) groups excluding carboxylic acids is 2. The molecule has 1 atom stereocenters. The Morgan fingerprint density at radius 1 is 1.48 bits per heavy atom. The van der Waals surface area contributed by atoms with E-state index in [1.807, 2.05) is 0 Å². The van der Waals surface area contributed by atoms with Crippen LogP contribution < -0.4 is 16.2 Å². The second-order valence-electron chi connectivity index (χ2n) is 4.96. The van der Waals surface area contributed by atoms with Crippen LogP contribution in [0.15, 0.2) is 15.5 Å². The van der Waals surface area contributed by atoms with Crippen LogP contribution in [0.2, 0.25) is 0 Å². The van der Waals surface area contributed by atoms with E-state index in [0.717, 1.165) is 0 Å². The van der Waals surface area contributed by atoms with Gasteiger partial charge >= 0.3 is 0 Å². The lowest BCUT2D eigenvalue weighted by Gasteiger charge is -2.23. The summed E-state index contributed by atoms with van der Waals surface area (Å²) in [5.74, 6) is -0.0801. The average Bonchev–Trinajstić information content (AvgIpc) is 2.79. The number of carbonyl (C=O) groups is 2. The van der Waals surface area contributed by atoms with E-state index in [2.05, 4.69) is 20.6 Å². The third-order valence-electron chi connectivity index (χ3n) is 3.50. The van der Waals surface area contributed by atoms with Crippen molar-refractivity contribution in [3.8, 4) is 0 Å². The first-order chi connectivity index (χ1) is 10.1. The van der Waals surface area contributed by atoms with E-state index in [1.165, 1.54) is 6.33 Å². The van der Waals surface area contributed by atoms with Crippen molar-refractivity contribution in [2.45, 2.75) is 25.8 Å². The van der Waals surface area contributed by atoms with Gasteiger partial charge in [0, 0.05) is 19.0 Å². The zero-order chi connectivity index (χ0) is 15.0. The van der Waals surface area contributed by atoms with Crippen molar-refractivity contribution in [2.75, 3.05) is 6.54 Å². The Bertz CT molecular complexity index is 766. The lowest BCUT2D eigenvalue weighted by Crippen LogP contribution is -2.47. The SMILES string of the molecule is Cc1oc2nc[nH]c(=O)c2c1C(=O)NC1CCC(=O)NC1. The molecule has 8 heteroatoms. The van der Waals surface area contributed by atoms with E-state index in [9.17, 15) is 14.4 Å². The molecule has 1 aliphatic rings. The number of nitrogens with one attached hydrogen (secondary N) is 3. The van der Waals surface area contributed by atoms with Crippen LogP contribution in [0.5, 0.6) is 0 Å². The molecule has 0 saturated carbocycles. The summed E-state index contributed by atoms with van der Waals surface area (Å²) >= 11 is 0. The van der Waals surface area contributed by atoms with E-state index in [4.69, 9.17) is 4.42 Å². The van der Waals surface area contributed by atoms with Gasteiger partial charge in [-0.3, -0.25) is 14.4 Å². The number of H-pyrrole nitrogens is 1. The first-order valence-electron chi connectivity index (χ1n) is 6.60. The Morgan fingerprint density at radius 3 is 3.00 bits per heavy atom. The molecule has 1 unspecified atom stereocenters. The van der Waals surface area contributed by atoms with Crippen molar-refractivity contribution in [1.29, 1.82) is 0 Å². The highest BCUT2D eigenvalue weighted by molar-refractivity contribution is 6.06. The molecule has 0 aliphatic carbocycles. The van der Waals surface area contributed by atoms with Gasteiger partial charge in [0.1, 0.15) is 11.1 Å². The predicted molar refractivity (Wildman–Crippen MR) is 72.9 cm³/mol. The molecule has 2 aromatic heterocycles. The van der Waals surface area contributed by atoms with Gasteiger partial charge in [0.05, 0.1) is 11.9 Å². The topological polar surface area (TPSA) is 117 Å². The van der Waals surface area contributed by atoms with Crippen molar-refractivity contribution >= 4 is 22.9 Å². The minimum absolute atomic E-state index is 0.0221. The summed E-state index contributed by atoms with van der Waals surface area (Å²) in [5.41, 5.74) is -0.0893. The summed E-state index contributed by atoms with van der Waals surface area (Å²) in [6.07, 6.45) is 2.17. The molecule has 0 spiro atoms. The maximum Gasteiger partial charge on any atom is 0.262 e. The third-order valence-corrected chi connectivity index (χ3v) is 3.50. The van der Waals surface area contributed by atoms with Crippen molar-refractivity contribution in [3.63, 3.8) is 0 Å². The molecule has 1 aliphatic heterocycles. The minimum Gasteiger partial charge on any atom is -0.442 e. The van der Waals surface area contributed by atoms with Crippen molar-refractivity contribution in [1.82, 2.24) is 20.6 Å². The molecule has 1 fully saturated rings. The van der Waals surface area contributed by atoms with Crippen LogP contribution in [-0.2, 0) is 4.79 Å². The number of hydrogen-bond donors (Lipinski definition) is 3. The Balaban J connectivity index is 1.90. The van der Waals surface area contributed by atoms with Crippen LogP contribution in [0.4, 0.5) is 0 Å². The molecule has 21 heavy (non-hydrogen) atoms. The van der Waals surface area contributed by atoms with Crippen LogP contribution >= 0.6 is 0 Å². The summed E-state index contributed by atoms with van der Waals surface area (Å²) in [7, 11) is 0. The lowest BCUT2D eigenvalue weighted by atomic mass is 10.1. The molecule has 8 nitrogen and oxygen atoms in total. The molecule has 0 bridgehead atoms. The zero-order valence-electron chi connectivity index (χ0n) is 11.4. The molecule has 0 radical (unpaired) electrons. The third kappa shape index (κ3) is 2.39. The van der Waals surface area contributed by atoms with Gasteiger partial charge < -0.3 is 20.0 Å². The molecular weight excluding hydrogens is 276 g/mol. The van der Waals surface area contributed by atoms with E-state index >= 15 is 0 Å². The van der Waals surface area contributed by atoms with Gasteiger partial charge in [-0.1, -0.05) is 0 Å². The molecule has 0 aromatic carbocycles. The summed E-state index contributed by atoms with van der Waals surface area (Å²) in [6, 6.07) is -0.157. The second-order valence-corrected chi connectivity index (χ2v) is 4.96. The van der Waals surface area contributed by atoms with Gasteiger partial charge in [-0.15, -0.1) is 0 Å². The largest absolute Gasteiger partial charge is 0.442 e. The number of fused-ring (bicyclic) bond motifs is 1. The minimum atomic E-state index is -0.418. The molecule has 2 amide bonds. The molecule has 3 N–H and O–H groups in total. The van der Waals surface area contributed by atoms with E-state index in [-0.39, 0.29) is 28.6 Å². The maximum atomic E-state index is 12.4. The molecular formula is C13H14N4O4. The number of nitrogens with zero attached hydrogens (tertiary/aromatic N) is 1. The van der Waals surface area contributed by atoms with Crippen LogP contribution in [0, 0.1) is 6.92 Å². The smallest absolute Gasteiger partial charge is 0.262 e. The number of hydrogen-bond acceptors (Lipinski definition) is 5. The van der Waals surface area contributed by atoms with Gasteiger partial charge in [0.15, 0.2) is 0 Å². The Labute approximate surface area is 118 Å². The van der Waals surface area contributed by atoms with Gasteiger partial charge in [0.25, 0.3) is 11.5 Å². The van der Waals surface area contributed by atoms with E-state index in [0.29, 0.717) is 25.1 Å². The number of furan rings is 1. The van der Waals surface area contributed by atoms with Gasteiger partial charge in [-0.25, -0.2) is 4.98 Å². The van der Waals surface area contributed by atoms with E-state index < -0.39 is 11.5 Å². The number of aryl methyl sites for hydroxylation is 1. The molecule has 3 heterocycles. The second kappa shape index (κ2) is 5.04. The van der Waals surface area contributed by atoms with E-state index in [1.54, 1.807) is 6.92 Å². The Hall–Kier alpha value is -2.64. The van der Waals surface area contributed by atoms with Crippen molar-refractivity contribution < 1.29 is 14.0 Å². The molecule has 2 aromatic rings. The van der Waals surface area contributed by atoms with Crippen molar-refractivity contribution in [3.05, 3.63) is 28.0 Å². The summed E-state index contributed by atoms with van der Waals surface area (Å²) in [4.78, 5) is 41.7. The summed E-state index contributed by atoms with van der Waals surface area (Å²) in [6.45, 7) is 1.99. The quantitative estimate of drug-likeness (QED) is 0.710. The number of rotatable bonds is 2. The van der Waals surface area contributed by atoms with Crippen LogP contribution in [0.25, 0.3) is 11.1 Å². The monoisotopic (exact) mass is 290 g/mol. The van der Waals surface area contributed by atoms with Crippen molar-refractivity contribution in [2.24, 2.45) is 0 Å². The standard InChI is InChI=1S/C13H14N4O4/c1-6-9(10-11(19)15-5-16-13(10)21-6)12(20)17-7-2-3-8(18)14-4-7/h5,7H,2-4H2,1H3,(H,14,18)(H,17,20)(H,15,16,19). The number of aromatic amines is 1. The molecule has 3 rings (SSSR count). The Morgan fingerprint density at radius 2 is 2.29 bits per heavy atom. The maximum absolute atomic E-state index is 12.4. The highest BCUT2D eigenvalue weighted by Gasteiger charge is 2.25.